The van der Waals surface area contributed by atoms with E-state index in [1.54, 1.807) is 19.2 Å². The third-order valence-corrected chi connectivity index (χ3v) is 3.01. The van der Waals surface area contributed by atoms with Gasteiger partial charge in [-0.25, -0.2) is 0 Å². The second-order valence-electron chi connectivity index (χ2n) is 4.66. The SMILES string of the molecule is COc1ccc(CNC(=O)CC(=O)NCc2ccco2)cc1. The molecule has 2 N–H and O–H groups in total. The Balaban J connectivity index is 1.69. The van der Waals surface area contributed by atoms with Gasteiger partial charge in [0.25, 0.3) is 0 Å². The average molecular weight is 302 g/mol. The van der Waals surface area contributed by atoms with Crippen LogP contribution >= 0.6 is 0 Å². The Morgan fingerprint density at radius 1 is 1.05 bits per heavy atom. The fourth-order valence-electron chi connectivity index (χ4n) is 1.81. The summed E-state index contributed by atoms with van der Waals surface area (Å²) in [5.74, 6) is 0.732. The molecular weight excluding hydrogens is 284 g/mol. The summed E-state index contributed by atoms with van der Waals surface area (Å²) >= 11 is 0. The summed E-state index contributed by atoms with van der Waals surface area (Å²) in [4.78, 5) is 23.3. The van der Waals surface area contributed by atoms with E-state index in [1.165, 1.54) is 6.26 Å². The second-order valence-corrected chi connectivity index (χ2v) is 4.66. The number of carbonyl (C=O) groups is 2. The molecule has 1 aromatic heterocycles. The maximum Gasteiger partial charge on any atom is 0.229 e. The molecule has 0 radical (unpaired) electrons. The number of amides is 2. The number of nitrogens with one attached hydrogen (secondary N) is 2. The molecule has 22 heavy (non-hydrogen) atoms. The Morgan fingerprint density at radius 2 is 1.73 bits per heavy atom. The van der Waals surface area contributed by atoms with Gasteiger partial charge in [-0.05, 0) is 29.8 Å². The van der Waals surface area contributed by atoms with Gasteiger partial charge in [-0.1, -0.05) is 12.1 Å². The van der Waals surface area contributed by atoms with Crippen LogP contribution in [0.4, 0.5) is 0 Å². The van der Waals surface area contributed by atoms with Crippen molar-refractivity contribution in [2.45, 2.75) is 19.5 Å². The zero-order valence-electron chi connectivity index (χ0n) is 12.3. The van der Waals surface area contributed by atoms with Crippen molar-refractivity contribution in [3.05, 3.63) is 54.0 Å². The summed E-state index contributed by atoms with van der Waals surface area (Å²) < 4.78 is 10.1. The standard InChI is InChI=1S/C16H18N2O4/c1-21-13-6-4-12(5-7-13)10-17-15(19)9-16(20)18-11-14-3-2-8-22-14/h2-8H,9-11H2,1H3,(H,17,19)(H,18,20). The van der Waals surface area contributed by atoms with Gasteiger partial charge in [-0.2, -0.15) is 0 Å². The normalized spacial score (nSPS) is 10.0. The molecule has 0 fully saturated rings. The smallest absolute Gasteiger partial charge is 0.229 e. The molecule has 0 aliphatic carbocycles. The molecule has 1 heterocycles. The molecule has 1 aromatic carbocycles. The van der Waals surface area contributed by atoms with E-state index in [0.29, 0.717) is 12.3 Å². The third kappa shape index (κ3) is 4.97. The molecule has 0 aliphatic heterocycles. The minimum Gasteiger partial charge on any atom is -0.497 e. The van der Waals surface area contributed by atoms with Crippen LogP contribution in [-0.4, -0.2) is 18.9 Å². The molecule has 0 atom stereocenters. The molecule has 116 valence electrons. The van der Waals surface area contributed by atoms with Crippen LogP contribution in [0.5, 0.6) is 5.75 Å². The van der Waals surface area contributed by atoms with E-state index >= 15 is 0 Å². The van der Waals surface area contributed by atoms with Crippen LogP contribution < -0.4 is 15.4 Å². The van der Waals surface area contributed by atoms with Crippen LogP contribution in [-0.2, 0) is 22.7 Å². The molecule has 0 saturated carbocycles. The fraction of sp³-hybridized carbons (Fsp3) is 0.250. The first-order chi connectivity index (χ1) is 10.7. The Hall–Kier alpha value is -2.76. The quantitative estimate of drug-likeness (QED) is 0.761. The van der Waals surface area contributed by atoms with E-state index < -0.39 is 0 Å². The highest BCUT2D eigenvalue weighted by Crippen LogP contribution is 2.10. The summed E-state index contributed by atoms with van der Waals surface area (Å²) in [6.07, 6.45) is 1.32. The lowest BCUT2D eigenvalue weighted by molar-refractivity contribution is -0.129. The Kier molecular flexibility index (Phi) is 5.59. The maximum atomic E-state index is 11.7. The molecule has 0 spiro atoms. The zero-order chi connectivity index (χ0) is 15.8. The van der Waals surface area contributed by atoms with E-state index in [2.05, 4.69) is 10.6 Å². The van der Waals surface area contributed by atoms with E-state index in [1.807, 2.05) is 24.3 Å². The predicted octanol–water partition coefficient (Wildman–Crippen LogP) is 1.61. The molecule has 0 saturated heterocycles. The summed E-state index contributed by atoms with van der Waals surface area (Å²) in [5, 5.41) is 5.32. The zero-order valence-corrected chi connectivity index (χ0v) is 12.3. The molecule has 2 aromatic rings. The van der Waals surface area contributed by atoms with Gasteiger partial charge in [0.1, 0.15) is 17.9 Å². The molecule has 6 nitrogen and oxygen atoms in total. The highest BCUT2D eigenvalue weighted by Gasteiger charge is 2.09. The Morgan fingerprint density at radius 3 is 2.32 bits per heavy atom. The van der Waals surface area contributed by atoms with Gasteiger partial charge < -0.3 is 19.8 Å². The first-order valence-corrected chi connectivity index (χ1v) is 6.86. The molecule has 0 bridgehead atoms. The largest absolute Gasteiger partial charge is 0.497 e. The molecule has 2 amide bonds. The van der Waals surface area contributed by atoms with Gasteiger partial charge in [-0.15, -0.1) is 0 Å². The maximum absolute atomic E-state index is 11.7. The molecule has 0 aliphatic rings. The number of hydrogen-bond acceptors (Lipinski definition) is 4. The lowest BCUT2D eigenvalue weighted by atomic mass is 10.2. The molecule has 6 heteroatoms. The Labute approximate surface area is 128 Å². The van der Waals surface area contributed by atoms with Crippen LogP contribution in [0.25, 0.3) is 0 Å². The van der Waals surface area contributed by atoms with E-state index in [0.717, 1.165) is 11.3 Å². The summed E-state index contributed by atoms with van der Waals surface area (Å²) in [6, 6.07) is 10.8. The predicted molar refractivity (Wildman–Crippen MR) is 80.0 cm³/mol. The van der Waals surface area contributed by atoms with E-state index in [-0.39, 0.29) is 24.8 Å². The van der Waals surface area contributed by atoms with Crippen molar-refractivity contribution in [3.8, 4) is 5.75 Å². The number of methoxy groups -OCH3 is 1. The van der Waals surface area contributed by atoms with Gasteiger partial charge in [0.2, 0.25) is 11.8 Å². The van der Waals surface area contributed by atoms with Crippen LogP contribution in [0, 0.1) is 0 Å². The topological polar surface area (TPSA) is 80.6 Å². The van der Waals surface area contributed by atoms with Gasteiger partial charge in [0, 0.05) is 6.54 Å². The van der Waals surface area contributed by atoms with Gasteiger partial charge in [0.15, 0.2) is 0 Å². The first-order valence-electron chi connectivity index (χ1n) is 6.86. The lowest BCUT2D eigenvalue weighted by Gasteiger charge is -2.07. The van der Waals surface area contributed by atoms with Gasteiger partial charge >= 0.3 is 0 Å². The average Bonchev–Trinajstić information content (AvgIpc) is 3.05. The minimum absolute atomic E-state index is 0.211. The van der Waals surface area contributed by atoms with Gasteiger partial charge in [0.05, 0.1) is 19.9 Å². The van der Waals surface area contributed by atoms with Crippen LogP contribution in [0.15, 0.2) is 47.1 Å². The number of benzene rings is 1. The fourth-order valence-corrected chi connectivity index (χ4v) is 1.81. The van der Waals surface area contributed by atoms with Crippen molar-refractivity contribution >= 4 is 11.8 Å². The Bertz CT molecular complexity index is 606. The first kappa shape index (κ1) is 15.6. The molecule has 2 rings (SSSR count). The van der Waals surface area contributed by atoms with Crippen LogP contribution in [0.3, 0.4) is 0 Å². The summed E-state index contributed by atoms with van der Waals surface area (Å²) in [6.45, 7) is 0.645. The highest BCUT2D eigenvalue weighted by atomic mass is 16.5. The van der Waals surface area contributed by atoms with E-state index in [9.17, 15) is 9.59 Å². The number of hydrogen-bond donors (Lipinski definition) is 2. The number of furan rings is 1. The van der Waals surface area contributed by atoms with Crippen molar-refractivity contribution in [2.75, 3.05) is 7.11 Å². The van der Waals surface area contributed by atoms with Crippen molar-refractivity contribution in [2.24, 2.45) is 0 Å². The molecule has 0 unspecified atom stereocenters. The van der Waals surface area contributed by atoms with Gasteiger partial charge in [-0.3, -0.25) is 9.59 Å². The van der Waals surface area contributed by atoms with E-state index in [4.69, 9.17) is 9.15 Å². The monoisotopic (exact) mass is 302 g/mol. The van der Waals surface area contributed by atoms with Crippen LogP contribution in [0.2, 0.25) is 0 Å². The van der Waals surface area contributed by atoms with Crippen molar-refractivity contribution < 1.29 is 18.7 Å². The highest BCUT2D eigenvalue weighted by molar-refractivity contribution is 5.96. The number of rotatable bonds is 7. The van der Waals surface area contributed by atoms with Crippen molar-refractivity contribution in [1.29, 1.82) is 0 Å². The number of carbonyl (C=O) groups excluding carboxylic acids is 2. The van der Waals surface area contributed by atoms with Crippen molar-refractivity contribution in [3.63, 3.8) is 0 Å². The number of ether oxygens (including phenoxy) is 1. The minimum atomic E-state index is -0.344. The van der Waals surface area contributed by atoms with Crippen molar-refractivity contribution in [1.82, 2.24) is 10.6 Å². The summed E-state index contributed by atoms with van der Waals surface area (Å²) in [5.41, 5.74) is 0.935. The molecular formula is C16H18N2O4. The van der Waals surface area contributed by atoms with Crippen LogP contribution in [0.1, 0.15) is 17.7 Å². The second kappa shape index (κ2) is 7.87. The summed E-state index contributed by atoms with van der Waals surface area (Å²) in [7, 11) is 1.60. The lowest BCUT2D eigenvalue weighted by Crippen LogP contribution is -2.31. The third-order valence-electron chi connectivity index (χ3n) is 3.01.